The summed E-state index contributed by atoms with van der Waals surface area (Å²) in [6.07, 6.45) is 3.81. The number of fused-ring (bicyclic) bond motifs is 1. The van der Waals surface area contributed by atoms with Crippen molar-refractivity contribution in [3.63, 3.8) is 0 Å². The van der Waals surface area contributed by atoms with Gasteiger partial charge in [0.05, 0.1) is 0 Å². The molecule has 1 aromatic carbocycles. The van der Waals surface area contributed by atoms with Crippen LogP contribution in [0.1, 0.15) is 24.8 Å². The summed E-state index contributed by atoms with van der Waals surface area (Å²) in [5.74, 6) is 1.94. The zero-order chi connectivity index (χ0) is 12.7. The van der Waals surface area contributed by atoms with Gasteiger partial charge in [0, 0.05) is 25.2 Å². The Labute approximate surface area is 108 Å². The molecule has 2 saturated carbocycles. The number of nitrogens with zero attached hydrogens (tertiary/aromatic N) is 1. The van der Waals surface area contributed by atoms with Crippen LogP contribution in [0.15, 0.2) is 24.3 Å². The fourth-order valence-corrected chi connectivity index (χ4v) is 3.43. The predicted molar refractivity (Wildman–Crippen MR) is 72.1 cm³/mol. The third-order valence-electron chi connectivity index (χ3n) is 4.56. The summed E-state index contributed by atoms with van der Waals surface area (Å²) in [7, 11) is 1.88. The first-order valence-corrected chi connectivity index (χ1v) is 6.79. The third-order valence-corrected chi connectivity index (χ3v) is 4.56. The van der Waals surface area contributed by atoms with Gasteiger partial charge in [0.25, 0.3) is 0 Å². The van der Waals surface area contributed by atoms with Crippen molar-refractivity contribution in [2.45, 2.75) is 25.8 Å². The van der Waals surface area contributed by atoms with E-state index in [9.17, 15) is 4.79 Å². The molecule has 96 valence electrons. The van der Waals surface area contributed by atoms with Gasteiger partial charge in [-0.3, -0.25) is 4.79 Å². The van der Waals surface area contributed by atoms with E-state index < -0.39 is 0 Å². The van der Waals surface area contributed by atoms with Gasteiger partial charge in [0.2, 0.25) is 5.91 Å². The number of hydrogen-bond donors (Lipinski definition) is 1. The fraction of sp³-hybridized carbons (Fsp3) is 0.533. The van der Waals surface area contributed by atoms with Gasteiger partial charge in [-0.2, -0.15) is 0 Å². The van der Waals surface area contributed by atoms with Crippen molar-refractivity contribution in [1.82, 2.24) is 0 Å². The van der Waals surface area contributed by atoms with Gasteiger partial charge in [-0.05, 0) is 42.4 Å². The minimum atomic E-state index is 0.291. The molecule has 2 aliphatic carbocycles. The topological polar surface area (TPSA) is 46.3 Å². The van der Waals surface area contributed by atoms with Gasteiger partial charge in [0.15, 0.2) is 0 Å². The smallest absolute Gasteiger partial charge is 0.230 e. The molecule has 18 heavy (non-hydrogen) atoms. The maximum absolute atomic E-state index is 12.4. The highest BCUT2D eigenvalue weighted by Gasteiger charge is 2.57. The highest BCUT2D eigenvalue weighted by Crippen LogP contribution is 2.58. The van der Waals surface area contributed by atoms with Crippen molar-refractivity contribution in [1.29, 1.82) is 0 Å². The summed E-state index contributed by atoms with van der Waals surface area (Å²) < 4.78 is 0. The van der Waals surface area contributed by atoms with Gasteiger partial charge in [-0.25, -0.2) is 0 Å². The van der Waals surface area contributed by atoms with Crippen molar-refractivity contribution >= 4 is 11.6 Å². The highest BCUT2D eigenvalue weighted by molar-refractivity contribution is 5.96. The molecule has 2 atom stereocenters. The van der Waals surface area contributed by atoms with E-state index in [-0.39, 0.29) is 0 Å². The van der Waals surface area contributed by atoms with Crippen molar-refractivity contribution < 1.29 is 4.79 Å². The first-order chi connectivity index (χ1) is 8.72. The second-order valence-electron chi connectivity index (χ2n) is 5.56. The van der Waals surface area contributed by atoms with Gasteiger partial charge < -0.3 is 10.6 Å². The predicted octanol–water partition coefficient (Wildman–Crippen LogP) is 2.15. The van der Waals surface area contributed by atoms with Crippen LogP contribution < -0.4 is 10.6 Å². The largest absolute Gasteiger partial charge is 0.326 e. The maximum Gasteiger partial charge on any atom is 0.230 e. The number of nitrogens with two attached hydrogens (primary N) is 1. The number of carbonyl (C=O) groups excluding carboxylic acids is 1. The van der Waals surface area contributed by atoms with E-state index in [1.165, 1.54) is 19.3 Å². The Balaban J connectivity index is 1.73. The molecule has 2 fully saturated rings. The minimum absolute atomic E-state index is 0.291. The normalized spacial score (nSPS) is 28.9. The van der Waals surface area contributed by atoms with Crippen LogP contribution in [0.4, 0.5) is 5.69 Å². The standard InChI is InChI=1S/C15H20N2O/c1-17(11-5-2-4-10(8-11)9-16)15(18)14-12-6-3-7-13(12)14/h2,4-5,8,12-14H,3,6-7,9,16H2,1H3. The van der Waals surface area contributed by atoms with E-state index in [0.717, 1.165) is 11.3 Å². The van der Waals surface area contributed by atoms with Crippen molar-refractivity contribution in [3.8, 4) is 0 Å². The monoisotopic (exact) mass is 244 g/mol. The lowest BCUT2D eigenvalue weighted by atomic mass is 10.1. The van der Waals surface area contributed by atoms with Crippen LogP contribution in [0, 0.1) is 17.8 Å². The summed E-state index contributed by atoms with van der Waals surface area (Å²) >= 11 is 0. The number of anilines is 1. The molecule has 2 unspecified atom stereocenters. The van der Waals surface area contributed by atoms with Crippen LogP contribution >= 0.6 is 0 Å². The van der Waals surface area contributed by atoms with Gasteiger partial charge in [-0.15, -0.1) is 0 Å². The first kappa shape index (κ1) is 11.7. The summed E-state index contributed by atoms with van der Waals surface area (Å²) in [5, 5.41) is 0. The Morgan fingerprint density at radius 2 is 2.11 bits per heavy atom. The van der Waals surface area contributed by atoms with E-state index in [1.54, 1.807) is 0 Å². The minimum Gasteiger partial charge on any atom is -0.326 e. The van der Waals surface area contributed by atoms with E-state index in [1.807, 2.05) is 36.2 Å². The van der Waals surface area contributed by atoms with E-state index >= 15 is 0 Å². The Bertz CT molecular complexity index is 461. The van der Waals surface area contributed by atoms with Gasteiger partial charge in [-0.1, -0.05) is 18.6 Å². The maximum atomic E-state index is 12.4. The molecule has 3 heteroatoms. The van der Waals surface area contributed by atoms with Gasteiger partial charge in [0.1, 0.15) is 0 Å². The molecule has 1 aromatic rings. The SMILES string of the molecule is CN(C(=O)C1C2CCCC21)c1cccc(CN)c1. The third kappa shape index (κ3) is 1.83. The average molecular weight is 244 g/mol. The molecular weight excluding hydrogens is 224 g/mol. The summed E-state index contributed by atoms with van der Waals surface area (Å²) in [4.78, 5) is 14.2. The molecule has 0 bridgehead atoms. The quantitative estimate of drug-likeness (QED) is 0.885. The lowest BCUT2D eigenvalue weighted by Crippen LogP contribution is -2.29. The molecule has 2 N–H and O–H groups in total. The molecule has 0 saturated heterocycles. The fourth-order valence-electron chi connectivity index (χ4n) is 3.43. The molecular formula is C15H20N2O. The number of benzene rings is 1. The molecule has 1 amide bonds. The molecule has 2 aliphatic rings. The van der Waals surface area contributed by atoms with Crippen molar-refractivity contribution in [3.05, 3.63) is 29.8 Å². The molecule has 3 rings (SSSR count). The van der Waals surface area contributed by atoms with E-state index in [4.69, 9.17) is 5.73 Å². The number of hydrogen-bond acceptors (Lipinski definition) is 2. The molecule has 0 spiro atoms. The van der Waals surface area contributed by atoms with Crippen LogP contribution in [-0.2, 0) is 11.3 Å². The van der Waals surface area contributed by atoms with Crippen LogP contribution in [0.5, 0.6) is 0 Å². The highest BCUT2D eigenvalue weighted by atomic mass is 16.2. The molecule has 3 nitrogen and oxygen atoms in total. The van der Waals surface area contributed by atoms with Crippen molar-refractivity contribution in [2.75, 3.05) is 11.9 Å². The van der Waals surface area contributed by atoms with Gasteiger partial charge >= 0.3 is 0 Å². The van der Waals surface area contributed by atoms with Crippen LogP contribution in [0.3, 0.4) is 0 Å². The summed E-state index contributed by atoms with van der Waals surface area (Å²) in [5.41, 5.74) is 7.68. The van der Waals surface area contributed by atoms with Crippen LogP contribution in [-0.4, -0.2) is 13.0 Å². The second kappa shape index (κ2) is 4.39. The summed E-state index contributed by atoms with van der Waals surface area (Å²) in [6, 6.07) is 7.95. The Morgan fingerprint density at radius 3 is 2.78 bits per heavy atom. The molecule has 0 aliphatic heterocycles. The number of rotatable bonds is 3. The lowest BCUT2D eigenvalue weighted by Gasteiger charge is -2.19. The number of amides is 1. The molecule has 0 heterocycles. The number of carbonyl (C=O) groups is 1. The zero-order valence-electron chi connectivity index (χ0n) is 10.8. The zero-order valence-corrected chi connectivity index (χ0v) is 10.8. The van der Waals surface area contributed by atoms with E-state index in [2.05, 4.69) is 0 Å². The first-order valence-electron chi connectivity index (χ1n) is 6.79. The van der Waals surface area contributed by atoms with Crippen LogP contribution in [0.25, 0.3) is 0 Å². The Kier molecular flexibility index (Phi) is 2.86. The van der Waals surface area contributed by atoms with Crippen LogP contribution in [0.2, 0.25) is 0 Å². The molecule has 0 aromatic heterocycles. The van der Waals surface area contributed by atoms with E-state index in [0.29, 0.717) is 30.2 Å². The summed E-state index contributed by atoms with van der Waals surface area (Å²) in [6.45, 7) is 0.518. The Morgan fingerprint density at radius 1 is 1.39 bits per heavy atom. The Hall–Kier alpha value is -1.35. The average Bonchev–Trinajstić information content (AvgIpc) is 2.89. The van der Waals surface area contributed by atoms with Crippen molar-refractivity contribution in [2.24, 2.45) is 23.5 Å². The molecule has 0 radical (unpaired) electrons. The second-order valence-corrected chi connectivity index (χ2v) is 5.56. The lowest BCUT2D eigenvalue weighted by molar-refractivity contribution is -0.120.